The number of amides is 1. The molecule has 2 aliphatic rings. The number of hydrogen-bond acceptors (Lipinski definition) is 3. The van der Waals surface area contributed by atoms with Crippen LogP contribution in [0.5, 0.6) is 0 Å². The van der Waals surface area contributed by atoms with Gasteiger partial charge in [0.15, 0.2) is 0 Å². The second kappa shape index (κ2) is 6.52. The maximum absolute atomic E-state index is 12.6. The lowest BCUT2D eigenvalue weighted by molar-refractivity contribution is -0.133. The van der Waals surface area contributed by atoms with Crippen LogP contribution in [0.4, 0.5) is 5.69 Å². The minimum Gasteiger partial charge on any atom is -0.369 e. The summed E-state index contributed by atoms with van der Waals surface area (Å²) in [6, 6.07) is 6.97. The highest BCUT2D eigenvalue weighted by Crippen LogP contribution is 2.26. The van der Waals surface area contributed by atoms with Crippen LogP contribution < -0.4 is 4.90 Å². The third kappa shape index (κ3) is 3.09. The zero-order valence-corrected chi connectivity index (χ0v) is 14.9. The quantitative estimate of drug-likeness (QED) is 0.857. The predicted octanol–water partition coefficient (Wildman–Crippen LogP) is 2.43. The first-order valence-corrected chi connectivity index (χ1v) is 8.84. The molecule has 1 unspecified atom stereocenters. The molecule has 1 atom stereocenters. The molecule has 2 heterocycles. The van der Waals surface area contributed by atoms with Gasteiger partial charge in [0.2, 0.25) is 5.91 Å². The number of aryl methyl sites for hydroxylation is 1. The van der Waals surface area contributed by atoms with Crippen LogP contribution >= 0.6 is 0 Å². The second-order valence-corrected chi connectivity index (χ2v) is 7.17. The minimum atomic E-state index is 0.109. The number of anilines is 1. The Morgan fingerprint density at radius 2 is 1.74 bits per heavy atom. The molecule has 3 rings (SSSR count). The van der Waals surface area contributed by atoms with Crippen molar-refractivity contribution < 1.29 is 4.79 Å². The molecule has 2 aliphatic heterocycles. The van der Waals surface area contributed by atoms with Crippen LogP contribution in [-0.4, -0.2) is 60.5 Å². The van der Waals surface area contributed by atoms with Crippen LogP contribution in [0.25, 0.3) is 0 Å². The second-order valence-electron chi connectivity index (χ2n) is 7.17. The number of hydrogen-bond donors (Lipinski definition) is 0. The van der Waals surface area contributed by atoms with Gasteiger partial charge in [0.1, 0.15) is 0 Å². The number of piperazine rings is 1. The van der Waals surface area contributed by atoms with E-state index in [1.165, 1.54) is 16.8 Å². The van der Waals surface area contributed by atoms with Crippen molar-refractivity contribution in [3.63, 3.8) is 0 Å². The van der Waals surface area contributed by atoms with E-state index in [1.807, 2.05) is 4.90 Å². The fourth-order valence-electron chi connectivity index (χ4n) is 3.89. The average molecular weight is 315 g/mol. The van der Waals surface area contributed by atoms with Gasteiger partial charge in [-0.25, -0.2) is 0 Å². The van der Waals surface area contributed by atoms with Crippen LogP contribution in [0.3, 0.4) is 0 Å². The third-order valence-electron chi connectivity index (χ3n) is 5.51. The summed E-state index contributed by atoms with van der Waals surface area (Å²) in [6.45, 7) is 13.5. The van der Waals surface area contributed by atoms with Crippen molar-refractivity contribution in [3.8, 4) is 0 Å². The Balaban J connectivity index is 1.63. The molecule has 2 saturated heterocycles. The number of benzene rings is 1. The highest BCUT2D eigenvalue weighted by atomic mass is 16.2. The summed E-state index contributed by atoms with van der Waals surface area (Å²) in [5.41, 5.74) is 4.08. The molecule has 0 bridgehead atoms. The highest BCUT2D eigenvalue weighted by molar-refractivity contribution is 5.84. The van der Waals surface area contributed by atoms with E-state index in [-0.39, 0.29) is 6.04 Å². The summed E-state index contributed by atoms with van der Waals surface area (Å²) in [5, 5.41) is 0. The summed E-state index contributed by atoms with van der Waals surface area (Å²) < 4.78 is 0. The maximum atomic E-state index is 12.6. The van der Waals surface area contributed by atoms with Crippen molar-refractivity contribution in [2.45, 2.75) is 46.2 Å². The summed E-state index contributed by atoms with van der Waals surface area (Å²) in [4.78, 5) is 19.5. The first kappa shape index (κ1) is 16.3. The molecule has 4 heteroatoms. The average Bonchev–Trinajstić information content (AvgIpc) is 2.92. The highest BCUT2D eigenvalue weighted by Gasteiger charge is 2.38. The van der Waals surface area contributed by atoms with Crippen molar-refractivity contribution >= 4 is 11.6 Å². The molecular weight excluding hydrogens is 286 g/mol. The molecule has 1 aromatic carbocycles. The Morgan fingerprint density at radius 1 is 1.04 bits per heavy atom. The van der Waals surface area contributed by atoms with Gasteiger partial charge in [0, 0.05) is 44.5 Å². The van der Waals surface area contributed by atoms with Crippen LogP contribution in [0.1, 0.15) is 31.4 Å². The fourth-order valence-corrected chi connectivity index (χ4v) is 3.89. The number of likely N-dealkylation sites (tertiary alicyclic amines) is 1. The van der Waals surface area contributed by atoms with E-state index in [9.17, 15) is 4.79 Å². The Morgan fingerprint density at radius 3 is 2.35 bits per heavy atom. The molecule has 0 saturated carbocycles. The Labute approximate surface area is 140 Å². The number of rotatable bonds is 3. The summed E-state index contributed by atoms with van der Waals surface area (Å²) in [6.07, 6.45) is 0.987. The molecule has 2 fully saturated rings. The molecule has 0 N–H and O–H groups in total. The molecule has 0 aromatic heterocycles. The lowest BCUT2D eigenvalue weighted by atomic mass is 10.1. The van der Waals surface area contributed by atoms with Gasteiger partial charge in [0.05, 0.1) is 6.04 Å². The molecular formula is C19H29N3O. The monoisotopic (exact) mass is 315 g/mol. The van der Waals surface area contributed by atoms with E-state index in [1.54, 1.807) is 0 Å². The van der Waals surface area contributed by atoms with Crippen LogP contribution in [0, 0.1) is 13.8 Å². The van der Waals surface area contributed by atoms with Crippen molar-refractivity contribution in [2.24, 2.45) is 0 Å². The fraction of sp³-hybridized carbons (Fsp3) is 0.632. The van der Waals surface area contributed by atoms with E-state index >= 15 is 0 Å². The van der Waals surface area contributed by atoms with E-state index in [2.05, 4.69) is 55.7 Å². The molecule has 4 nitrogen and oxygen atoms in total. The standard InChI is InChI=1S/C19H29N3O/c1-14(2)22-9-8-18(19(22)23)21-12-10-20(11-13-21)17-7-5-6-15(3)16(17)4/h5-7,14,18H,8-13H2,1-4H3. The lowest BCUT2D eigenvalue weighted by Gasteiger charge is -2.39. The Bertz CT molecular complexity index is 576. The van der Waals surface area contributed by atoms with E-state index in [4.69, 9.17) is 0 Å². The third-order valence-corrected chi connectivity index (χ3v) is 5.51. The number of carbonyl (C=O) groups is 1. The van der Waals surface area contributed by atoms with E-state index in [0.717, 1.165) is 39.1 Å². The molecule has 0 radical (unpaired) electrons. The Kier molecular flexibility index (Phi) is 4.62. The SMILES string of the molecule is Cc1cccc(N2CCN(C3CCN(C(C)C)C3=O)CC2)c1C. The van der Waals surface area contributed by atoms with Gasteiger partial charge < -0.3 is 9.80 Å². The maximum Gasteiger partial charge on any atom is 0.240 e. The molecule has 0 aliphatic carbocycles. The predicted molar refractivity (Wildman–Crippen MR) is 95.0 cm³/mol. The van der Waals surface area contributed by atoms with Crippen molar-refractivity contribution in [3.05, 3.63) is 29.3 Å². The smallest absolute Gasteiger partial charge is 0.240 e. The van der Waals surface area contributed by atoms with Gasteiger partial charge in [-0.3, -0.25) is 9.69 Å². The van der Waals surface area contributed by atoms with Gasteiger partial charge in [-0.15, -0.1) is 0 Å². The summed E-state index contributed by atoms with van der Waals surface area (Å²) in [7, 11) is 0. The number of nitrogens with zero attached hydrogens (tertiary/aromatic N) is 3. The van der Waals surface area contributed by atoms with Crippen molar-refractivity contribution in [1.29, 1.82) is 0 Å². The first-order chi connectivity index (χ1) is 11.0. The largest absolute Gasteiger partial charge is 0.369 e. The topological polar surface area (TPSA) is 26.8 Å². The van der Waals surface area contributed by atoms with Gasteiger partial charge in [-0.2, -0.15) is 0 Å². The molecule has 1 amide bonds. The van der Waals surface area contributed by atoms with E-state index < -0.39 is 0 Å². The van der Waals surface area contributed by atoms with Crippen LogP contribution in [-0.2, 0) is 4.79 Å². The van der Waals surface area contributed by atoms with Gasteiger partial charge >= 0.3 is 0 Å². The summed E-state index contributed by atoms with van der Waals surface area (Å²) in [5.74, 6) is 0.334. The van der Waals surface area contributed by atoms with Crippen molar-refractivity contribution in [2.75, 3.05) is 37.6 Å². The van der Waals surface area contributed by atoms with Gasteiger partial charge in [-0.05, 0) is 51.3 Å². The minimum absolute atomic E-state index is 0.109. The molecule has 1 aromatic rings. The molecule has 23 heavy (non-hydrogen) atoms. The van der Waals surface area contributed by atoms with Crippen molar-refractivity contribution in [1.82, 2.24) is 9.80 Å². The van der Waals surface area contributed by atoms with Gasteiger partial charge in [0.25, 0.3) is 0 Å². The van der Waals surface area contributed by atoms with Gasteiger partial charge in [-0.1, -0.05) is 12.1 Å². The lowest BCUT2D eigenvalue weighted by Crippen LogP contribution is -2.53. The normalized spacial score (nSPS) is 23.2. The number of carbonyl (C=O) groups excluding carboxylic acids is 1. The zero-order chi connectivity index (χ0) is 16.6. The molecule has 126 valence electrons. The Hall–Kier alpha value is -1.55. The molecule has 0 spiro atoms. The van der Waals surface area contributed by atoms with Crippen LogP contribution in [0.2, 0.25) is 0 Å². The zero-order valence-electron chi connectivity index (χ0n) is 14.9. The first-order valence-electron chi connectivity index (χ1n) is 8.84. The van der Waals surface area contributed by atoms with E-state index in [0.29, 0.717) is 11.9 Å². The summed E-state index contributed by atoms with van der Waals surface area (Å²) >= 11 is 0. The van der Waals surface area contributed by atoms with Crippen LogP contribution in [0.15, 0.2) is 18.2 Å².